The lowest BCUT2D eigenvalue weighted by Crippen LogP contribution is -3.15. The molecule has 1 amide bonds. The van der Waals surface area contributed by atoms with Gasteiger partial charge in [0.05, 0.1) is 19.5 Å². The molecule has 0 atom stereocenters. The number of nitrogens with one attached hydrogen (secondary N) is 1. The second kappa shape index (κ2) is 15.2. The minimum absolute atomic E-state index is 0.493. The van der Waals surface area contributed by atoms with Crippen molar-refractivity contribution in [3.63, 3.8) is 0 Å². The summed E-state index contributed by atoms with van der Waals surface area (Å²) in [5.74, 6) is 0.493. The number of hydrogen-bond donors (Lipinski definition) is 1. The maximum Gasteiger partial charge on any atom is 0.312 e. The lowest BCUT2D eigenvalue weighted by atomic mass is 10.0. The molecule has 0 spiro atoms. The fraction of sp³-hybridized carbons (Fsp3) is 0.952. The molecular formula is C21H42NO+. The number of carbonyl (C=O) groups is 1. The van der Waals surface area contributed by atoms with Crippen LogP contribution in [0.25, 0.3) is 0 Å². The first-order valence-electron chi connectivity index (χ1n) is 10.7. The van der Waals surface area contributed by atoms with Gasteiger partial charge < -0.3 is 0 Å². The summed E-state index contributed by atoms with van der Waals surface area (Å²) < 4.78 is 0. The van der Waals surface area contributed by atoms with Crippen molar-refractivity contribution in [3.8, 4) is 0 Å². The minimum Gasteiger partial charge on any atom is -0.272 e. The first kappa shape index (κ1) is 20.7. The molecule has 136 valence electrons. The quantitative estimate of drug-likeness (QED) is 0.443. The van der Waals surface area contributed by atoms with Crippen LogP contribution in [-0.2, 0) is 4.79 Å². The maximum absolute atomic E-state index is 12.1. The van der Waals surface area contributed by atoms with E-state index in [4.69, 9.17) is 0 Å². The summed E-state index contributed by atoms with van der Waals surface area (Å²) in [6.07, 6.45) is 22.5. The number of quaternary nitrogens is 1. The molecule has 0 radical (unpaired) electrons. The topological polar surface area (TPSA) is 21.5 Å². The van der Waals surface area contributed by atoms with Crippen LogP contribution in [0, 0.1) is 0 Å². The molecule has 0 aliphatic carbocycles. The van der Waals surface area contributed by atoms with Crippen LogP contribution in [0.3, 0.4) is 0 Å². The third-order valence-corrected chi connectivity index (χ3v) is 5.36. The van der Waals surface area contributed by atoms with E-state index in [9.17, 15) is 4.79 Å². The Morgan fingerprint density at radius 1 is 0.652 bits per heavy atom. The van der Waals surface area contributed by atoms with Crippen LogP contribution in [0.1, 0.15) is 116 Å². The van der Waals surface area contributed by atoms with Crippen LogP contribution < -0.4 is 4.90 Å². The molecule has 1 heterocycles. The van der Waals surface area contributed by atoms with Crippen LogP contribution in [0.15, 0.2) is 0 Å². The van der Waals surface area contributed by atoms with Gasteiger partial charge in [-0.15, -0.1) is 0 Å². The molecule has 1 N–H and O–H groups in total. The van der Waals surface area contributed by atoms with E-state index in [1.165, 1.54) is 101 Å². The average Bonchev–Trinajstić information content (AvgIpc) is 2.59. The summed E-state index contributed by atoms with van der Waals surface area (Å²) in [6.45, 7) is 4.47. The Hall–Kier alpha value is -0.370. The number of hydrogen-bond acceptors (Lipinski definition) is 1. The van der Waals surface area contributed by atoms with Gasteiger partial charge in [0, 0.05) is 0 Å². The molecule has 0 aromatic heterocycles. The second-order valence-electron chi connectivity index (χ2n) is 7.58. The maximum atomic E-state index is 12.1. The summed E-state index contributed by atoms with van der Waals surface area (Å²) in [7, 11) is 0. The van der Waals surface area contributed by atoms with Gasteiger partial charge in [-0.3, -0.25) is 4.90 Å². The summed E-state index contributed by atoms with van der Waals surface area (Å²) in [4.78, 5) is 13.3. The van der Waals surface area contributed by atoms with E-state index in [-0.39, 0.29) is 0 Å². The van der Waals surface area contributed by atoms with Gasteiger partial charge in [-0.05, 0) is 25.7 Å². The zero-order valence-electron chi connectivity index (χ0n) is 15.8. The fourth-order valence-corrected chi connectivity index (χ4v) is 3.74. The van der Waals surface area contributed by atoms with E-state index >= 15 is 0 Å². The third-order valence-electron chi connectivity index (χ3n) is 5.36. The Kier molecular flexibility index (Phi) is 13.6. The normalized spacial score (nSPS) is 15.9. The second-order valence-corrected chi connectivity index (χ2v) is 7.58. The molecule has 0 saturated carbocycles. The van der Waals surface area contributed by atoms with Crippen molar-refractivity contribution in [1.82, 2.24) is 0 Å². The first-order valence-corrected chi connectivity index (χ1v) is 10.7. The minimum atomic E-state index is 0.493. The van der Waals surface area contributed by atoms with Crippen molar-refractivity contribution in [3.05, 3.63) is 0 Å². The highest BCUT2D eigenvalue weighted by molar-refractivity contribution is 5.66. The molecule has 1 aliphatic heterocycles. The monoisotopic (exact) mass is 324 g/mol. The first-order chi connectivity index (χ1) is 11.3. The number of carbonyl (C=O) groups excluding carboxylic acids is 1. The van der Waals surface area contributed by atoms with Gasteiger partial charge in [0.2, 0.25) is 0 Å². The number of unbranched alkanes of at least 4 members (excludes halogenated alkanes) is 12. The van der Waals surface area contributed by atoms with Gasteiger partial charge in [0.15, 0.2) is 0 Å². The van der Waals surface area contributed by atoms with Crippen molar-refractivity contribution in [2.45, 2.75) is 116 Å². The highest BCUT2D eigenvalue weighted by Crippen LogP contribution is 2.12. The van der Waals surface area contributed by atoms with Crippen LogP contribution in [0.2, 0.25) is 0 Å². The van der Waals surface area contributed by atoms with Crippen LogP contribution in [-0.4, -0.2) is 19.0 Å². The smallest absolute Gasteiger partial charge is 0.272 e. The SMILES string of the molecule is CCCCCCCCCCCCCCCC(=O)[NH+]1CCCCC1. The van der Waals surface area contributed by atoms with Gasteiger partial charge in [0.25, 0.3) is 0 Å². The Labute approximate surface area is 145 Å². The Balaban J connectivity index is 1.76. The molecule has 1 saturated heterocycles. The van der Waals surface area contributed by atoms with Gasteiger partial charge in [-0.2, -0.15) is 0 Å². The molecule has 1 fully saturated rings. The van der Waals surface area contributed by atoms with Crippen LogP contribution in [0.4, 0.5) is 0 Å². The van der Waals surface area contributed by atoms with Gasteiger partial charge in [-0.25, -0.2) is 4.79 Å². The molecule has 2 heteroatoms. The van der Waals surface area contributed by atoms with E-state index in [1.807, 2.05) is 0 Å². The van der Waals surface area contributed by atoms with E-state index in [0.717, 1.165) is 25.9 Å². The lowest BCUT2D eigenvalue weighted by molar-refractivity contribution is -0.826. The molecule has 2 nitrogen and oxygen atoms in total. The highest BCUT2D eigenvalue weighted by atomic mass is 16.2. The van der Waals surface area contributed by atoms with E-state index in [1.54, 1.807) is 0 Å². The summed E-state index contributed by atoms with van der Waals surface area (Å²) in [5, 5.41) is 0. The predicted octanol–water partition coefficient (Wildman–Crippen LogP) is 5.06. The molecule has 0 aromatic rings. The predicted molar refractivity (Wildman–Crippen MR) is 99.9 cm³/mol. The average molecular weight is 325 g/mol. The fourth-order valence-electron chi connectivity index (χ4n) is 3.74. The number of amides is 1. The Morgan fingerprint density at radius 2 is 1.09 bits per heavy atom. The van der Waals surface area contributed by atoms with Crippen molar-refractivity contribution in [2.75, 3.05) is 13.1 Å². The standard InChI is InChI=1S/C21H41NO/c1-2-3-4-5-6-7-8-9-10-11-12-13-15-18-21(23)22-19-16-14-17-20-22/h2-20H2,1H3/p+1. The summed E-state index contributed by atoms with van der Waals surface area (Å²) >= 11 is 0. The number of rotatable bonds is 14. The van der Waals surface area contributed by atoms with Crippen LogP contribution >= 0.6 is 0 Å². The molecule has 23 heavy (non-hydrogen) atoms. The number of piperidine rings is 1. The zero-order valence-corrected chi connectivity index (χ0v) is 15.8. The Bertz CT molecular complexity index is 271. The van der Waals surface area contributed by atoms with Gasteiger partial charge in [-0.1, -0.05) is 84.0 Å². The highest BCUT2D eigenvalue weighted by Gasteiger charge is 2.20. The zero-order chi connectivity index (χ0) is 16.6. The van der Waals surface area contributed by atoms with Gasteiger partial charge in [0.1, 0.15) is 0 Å². The van der Waals surface area contributed by atoms with E-state index in [0.29, 0.717) is 5.91 Å². The molecular weight excluding hydrogens is 282 g/mol. The van der Waals surface area contributed by atoms with Crippen molar-refractivity contribution in [1.29, 1.82) is 0 Å². The molecule has 0 bridgehead atoms. The van der Waals surface area contributed by atoms with Crippen molar-refractivity contribution < 1.29 is 9.69 Å². The van der Waals surface area contributed by atoms with Crippen LogP contribution in [0.5, 0.6) is 0 Å². The molecule has 1 rings (SSSR count). The third kappa shape index (κ3) is 11.8. The number of likely N-dealkylation sites (tertiary alicyclic amines) is 1. The molecule has 0 aromatic carbocycles. The largest absolute Gasteiger partial charge is 0.312 e. The molecule has 0 unspecified atom stereocenters. The van der Waals surface area contributed by atoms with Gasteiger partial charge >= 0.3 is 5.91 Å². The Morgan fingerprint density at radius 3 is 1.57 bits per heavy atom. The van der Waals surface area contributed by atoms with E-state index in [2.05, 4.69) is 6.92 Å². The van der Waals surface area contributed by atoms with Crippen molar-refractivity contribution in [2.24, 2.45) is 0 Å². The molecule has 1 aliphatic rings. The summed E-state index contributed by atoms with van der Waals surface area (Å²) in [6, 6.07) is 0. The van der Waals surface area contributed by atoms with E-state index < -0.39 is 0 Å². The van der Waals surface area contributed by atoms with Crippen molar-refractivity contribution >= 4 is 5.91 Å². The lowest BCUT2D eigenvalue weighted by Gasteiger charge is -2.21. The summed E-state index contributed by atoms with van der Waals surface area (Å²) in [5.41, 5.74) is 0.